The molecule has 2 fully saturated rings. The SMILES string of the molecule is Bc1cnc(NC(=O)N(C2CCCCC2)C2CCC(C3C=CC=CC3)CC2)s1. The third-order valence-corrected chi connectivity index (χ3v) is 7.62. The topological polar surface area (TPSA) is 45.2 Å². The molecule has 3 aliphatic carbocycles. The van der Waals surface area contributed by atoms with Gasteiger partial charge < -0.3 is 4.90 Å². The fraction of sp³-hybridized carbons (Fsp3) is 0.636. The van der Waals surface area contributed by atoms with Crippen molar-refractivity contribution >= 4 is 35.1 Å². The highest BCUT2D eigenvalue weighted by Crippen LogP contribution is 2.38. The van der Waals surface area contributed by atoms with Crippen molar-refractivity contribution in [2.24, 2.45) is 11.8 Å². The second-order valence-electron chi connectivity index (χ2n) is 8.69. The number of carbonyl (C=O) groups is 1. The van der Waals surface area contributed by atoms with Crippen molar-refractivity contribution in [3.63, 3.8) is 0 Å². The highest BCUT2D eigenvalue weighted by Gasteiger charge is 2.35. The maximum Gasteiger partial charge on any atom is 0.324 e. The van der Waals surface area contributed by atoms with Gasteiger partial charge in [0.05, 0.1) is 0 Å². The van der Waals surface area contributed by atoms with Gasteiger partial charge in [-0.05, 0) is 61.6 Å². The third kappa shape index (κ3) is 4.70. The number of allylic oxidation sites excluding steroid dienone is 4. The Kier molecular flexibility index (Phi) is 6.56. The monoisotopic (exact) mass is 397 g/mol. The van der Waals surface area contributed by atoms with Crippen molar-refractivity contribution in [3.8, 4) is 0 Å². The standard InChI is InChI=1S/C22H32BN3OS/c23-20-15-24-21(28-20)25-22(27)26(18-9-5-2-6-10-18)19-13-11-17(12-14-19)16-7-3-1-4-8-16/h1,3-4,7,15-19H,2,5-6,8-14,23H2,(H,24,25,27). The molecule has 0 spiro atoms. The van der Waals surface area contributed by atoms with E-state index in [1.54, 1.807) is 11.3 Å². The average molecular weight is 397 g/mol. The molecule has 0 bridgehead atoms. The number of carbonyl (C=O) groups excluding carboxylic acids is 1. The summed E-state index contributed by atoms with van der Waals surface area (Å²) in [5, 5.41) is 3.84. The number of nitrogens with zero attached hydrogens (tertiary/aromatic N) is 2. The molecule has 0 radical (unpaired) electrons. The van der Waals surface area contributed by atoms with Crippen LogP contribution in [0.1, 0.15) is 64.2 Å². The molecule has 1 unspecified atom stereocenters. The van der Waals surface area contributed by atoms with Gasteiger partial charge in [0.1, 0.15) is 0 Å². The molecule has 6 heteroatoms. The van der Waals surface area contributed by atoms with Crippen LogP contribution in [0.3, 0.4) is 0 Å². The van der Waals surface area contributed by atoms with Crippen LogP contribution in [0.15, 0.2) is 30.5 Å². The quantitative estimate of drug-likeness (QED) is 0.772. The van der Waals surface area contributed by atoms with E-state index in [0.29, 0.717) is 18.0 Å². The van der Waals surface area contributed by atoms with Crippen LogP contribution < -0.4 is 10.1 Å². The second-order valence-corrected chi connectivity index (χ2v) is 9.92. The number of rotatable bonds is 4. The number of hydrogen-bond acceptors (Lipinski definition) is 3. The van der Waals surface area contributed by atoms with E-state index in [9.17, 15) is 4.79 Å². The van der Waals surface area contributed by atoms with Crippen molar-refractivity contribution < 1.29 is 4.79 Å². The van der Waals surface area contributed by atoms with E-state index in [0.717, 1.165) is 41.5 Å². The summed E-state index contributed by atoms with van der Waals surface area (Å²) < 4.78 is 1.13. The average Bonchev–Trinajstić information content (AvgIpc) is 3.15. The Morgan fingerprint density at radius 3 is 2.46 bits per heavy atom. The Balaban J connectivity index is 1.42. The minimum Gasteiger partial charge on any atom is -0.319 e. The Labute approximate surface area is 173 Å². The molecule has 3 aliphatic rings. The molecule has 1 heterocycles. The summed E-state index contributed by atoms with van der Waals surface area (Å²) in [6.45, 7) is 0. The summed E-state index contributed by atoms with van der Waals surface area (Å²) in [6, 6.07) is 0.850. The summed E-state index contributed by atoms with van der Waals surface area (Å²) in [5.74, 6) is 1.47. The van der Waals surface area contributed by atoms with Gasteiger partial charge in [0.15, 0.2) is 13.0 Å². The summed E-state index contributed by atoms with van der Waals surface area (Å²) in [4.78, 5) is 19.8. The summed E-state index contributed by atoms with van der Waals surface area (Å²) >= 11 is 1.56. The first-order valence-electron chi connectivity index (χ1n) is 11.1. The lowest BCUT2D eigenvalue weighted by Gasteiger charge is -2.43. The van der Waals surface area contributed by atoms with Crippen molar-refractivity contribution in [1.29, 1.82) is 0 Å². The molecule has 2 amide bonds. The summed E-state index contributed by atoms with van der Waals surface area (Å²) in [7, 11) is 2.03. The van der Waals surface area contributed by atoms with E-state index >= 15 is 0 Å². The van der Waals surface area contributed by atoms with Crippen LogP contribution in [0.4, 0.5) is 9.93 Å². The molecular weight excluding hydrogens is 365 g/mol. The van der Waals surface area contributed by atoms with Gasteiger partial charge in [-0.1, -0.05) is 43.6 Å². The molecule has 4 rings (SSSR count). The summed E-state index contributed by atoms with van der Waals surface area (Å²) in [5.41, 5.74) is 0. The lowest BCUT2D eigenvalue weighted by atomic mass is 9.75. The number of thiazole rings is 1. The maximum atomic E-state index is 13.3. The first-order valence-corrected chi connectivity index (χ1v) is 11.9. The van der Waals surface area contributed by atoms with E-state index in [2.05, 4.69) is 39.5 Å². The highest BCUT2D eigenvalue weighted by molar-refractivity contribution is 7.23. The van der Waals surface area contributed by atoms with Gasteiger partial charge in [0, 0.05) is 18.3 Å². The maximum absolute atomic E-state index is 13.3. The smallest absolute Gasteiger partial charge is 0.319 e. The predicted molar refractivity (Wildman–Crippen MR) is 120 cm³/mol. The molecule has 1 atom stereocenters. The first-order chi connectivity index (χ1) is 13.7. The molecule has 150 valence electrons. The fourth-order valence-electron chi connectivity index (χ4n) is 5.31. The van der Waals surface area contributed by atoms with Gasteiger partial charge in [-0.2, -0.15) is 0 Å². The zero-order valence-corrected chi connectivity index (χ0v) is 17.8. The Bertz CT molecular complexity index is 717. The largest absolute Gasteiger partial charge is 0.324 e. The van der Waals surface area contributed by atoms with E-state index in [1.165, 1.54) is 38.5 Å². The molecule has 1 aromatic rings. The first kappa shape index (κ1) is 19.7. The molecule has 0 saturated heterocycles. The van der Waals surface area contributed by atoms with Gasteiger partial charge in [0.25, 0.3) is 0 Å². The van der Waals surface area contributed by atoms with Crippen LogP contribution in [0.5, 0.6) is 0 Å². The molecule has 1 aromatic heterocycles. The van der Waals surface area contributed by atoms with Crippen LogP contribution in [0.25, 0.3) is 0 Å². The molecule has 0 aliphatic heterocycles. The molecule has 4 nitrogen and oxygen atoms in total. The summed E-state index contributed by atoms with van der Waals surface area (Å²) in [6.07, 6.45) is 22.9. The number of aromatic nitrogens is 1. The van der Waals surface area contributed by atoms with Crippen molar-refractivity contribution in [3.05, 3.63) is 30.5 Å². The van der Waals surface area contributed by atoms with Crippen LogP contribution >= 0.6 is 11.3 Å². The third-order valence-electron chi connectivity index (χ3n) is 6.79. The highest BCUT2D eigenvalue weighted by atomic mass is 32.1. The van der Waals surface area contributed by atoms with E-state index in [4.69, 9.17) is 0 Å². The van der Waals surface area contributed by atoms with Crippen LogP contribution in [-0.2, 0) is 0 Å². The minimum absolute atomic E-state index is 0.0743. The van der Waals surface area contributed by atoms with Crippen molar-refractivity contribution in [2.45, 2.75) is 76.3 Å². The van der Waals surface area contributed by atoms with E-state index in [-0.39, 0.29) is 6.03 Å². The van der Waals surface area contributed by atoms with E-state index in [1.807, 2.05) is 14.0 Å². The fourth-order valence-corrected chi connectivity index (χ4v) is 5.97. The van der Waals surface area contributed by atoms with Crippen LogP contribution in [0.2, 0.25) is 0 Å². The number of nitrogens with one attached hydrogen (secondary N) is 1. The molecule has 0 aromatic carbocycles. The Morgan fingerprint density at radius 2 is 1.82 bits per heavy atom. The lowest BCUT2D eigenvalue weighted by Crippen LogP contribution is -2.51. The van der Waals surface area contributed by atoms with Crippen molar-refractivity contribution in [1.82, 2.24) is 9.88 Å². The van der Waals surface area contributed by atoms with Gasteiger partial charge >= 0.3 is 6.03 Å². The van der Waals surface area contributed by atoms with Crippen LogP contribution in [0, 0.1) is 11.8 Å². The normalized spacial score (nSPS) is 28.2. The number of amides is 2. The minimum atomic E-state index is 0.0743. The van der Waals surface area contributed by atoms with Gasteiger partial charge in [-0.15, -0.1) is 11.3 Å². The predicted octanol–water partition coefficient (Wildman–Crippen LogP) is 4.26. The van der Waals surface area contributed by atoms with E-state index < -0.39 is 0 Å². The Morgan fingerprint density at radius 1 is 1.07 bits per heavy atom. The molecule has 2 saturated carbocycles. The van der Waals surface area contributed by atoms with Gasteiger partial charge in [-0.3, -0.25) is 5.32 Å². The molecular formula is C22H32BN3OS. The number of hydrogen-bond donors (Lipinski definition) is 1. The van der Waals surface area contributed by atoms with Crippen LogP contribution in [-0.4, -0.2) is 35.8 Å². The zero-order chi connectivity index (χ0) is 19.3. The van der Waals surface area contributed by atoms with Gasteiger partial charge in [0.2, 0.25) is 0 Å². The molecule has 1 N–H and O–H groups in total. The van der Waals surface area contributed by atoms with Gasteiger partial charge in [-0.25, -0.2) is 9.78 Å². The molecule has 28 heavy (non-hydrogen) atoms. The van der Waals surface area contributed by atoms with Crippen molar-refractivity contribution in [2.75, 3.05) is 5.32 Å². The number of anilines is 1. The zero-order valence-electron chi connectivity index (χ0n) is 17.0. The number of urea groups is 1. The lowest BCUT2D eigenvalue weighted by molar-refractivity contribution is 0.0972. The second kappa shape index (κ2) is 9.30. The Hall–Kier alpha value is -1.56.